The molecule has 0 aliphatic rings. The fourth-order valence-corrected chi connectivity index (χ4v) is 2.04. The number of carbonyl (C=O) groups excluding carboxylic acids is 1. The summed E-state index contributed by atoms with van der Waals surface area (Å²) in [4.78, 5) is 22.7. The SMILES string of the molecule is O=C(C=Cc1cccs1)Nc1cccc([N+](=O)[O-])c1. The molecule has 1 N–H and O–H groups in total. The van der Waals surface area contributed by atoms with E-state index < -0.39 is 4.92 Å². The average Bonchev–Trinajstić information content (AvgIpc) is 2.90. The number of carbonyl (C=O) groups is 1. The highest BCUT2D eigenvalue weighted by Crippen LogP contribution is 2.17. The van der Waals surface area contributed by atoms with Crippen LogP contribution in [0.4, 0.5) is 11.4 Å². The van der Waals surface area contributed by atoms with Gasteiger partial charge in [-0.05, 0) is 23.6 Å². The Morgan fingerprint density at radius 2 is 2.16 bits per heavy atom. The van der Waals surface area contributed by atoms with Crippen LogP contribution in [0.1, 0.15) is 4.88 Å². The molecule has 0 radical (unpaired) electrons. The van der Waals surface area contributed by atoms with Gasteiger partial charge in [-0.25, -0.2) is 0 Å². The summed E-state index contributed by atoms with van der Waals surface area (Å²) in [6.45, 7) is 0. The Labute approximate surface area is 113 Å². The monoisotopic (exact) mass is 274 g/mol. The molecule has 0 atom stereocenters. The van der Waals surface area contributed by atoms with E-state index in [1.54, 1.807) is 12.1 Å². The molecule has 0 bridgehead atoms. The van der Waals surface area contributed by atoms with Gasteiger partial charge >= 0.3 is 0 Å². The molecule has 6 heteroatoms. The standard InChI is InChI=1S/C13H10N2O3S/c16-13(7-6-12-5-2-8-19-12)14-10-3-1-4-11(9-10)15(17)18/h1-9H,(H,14,16). The van der Waals surface area contributed by atoms with Crippen LogP contribution in [0.3, 0.4) is 0 Å². The van der Waals surface area contributed by atoms with Crippen molar-refractivity contribution < 1.29 is 9.72 Å². The number of hydrogen-bond acceptors (Lipinski definition) is 4. The van der Waals surface area contributed by atoms with Crippen LogP contribution in [0.25, 0.3) is 6.08 Å². The average molecular weight is 274 g/mol. The Bertz CT molecular complexity index is 621. The van der Waals surface area contributed by atoms with E-state index in [1.807, 2.05) is 17.5 Å². The maximum Gasteiger partial charge on any atom is 0.271 e. The minimum atomic E-state index is -0.503. The third-order valence-electron chi connectivity index (χ3n) is 2.27. The Balaban J connectivity index is 2.03. The lowest BCUT2D eigenvalue weighted by atomic mass is 10.3. The van der Waals surface area contributed by atoms with Gasteiger partial charge in [0.1, 0.15) is 0 Å². The quantitative estimate of drug-likeness (QED) is 0.528. The van der Waals surface area contributed by atoms with Gasteiger partial charge in [0.15, 0.2) is 0 Å². The minimum absolute atomic E-state index is 0.0555. The van der Waals surface area contributed by atoms with Gasteiger partial charge in [-0.1, -0.05) is 12.1 Å². The van der Waals surface area contributed by atoms with E-state index in [9.17, 15) is 14.9 Å². The summed E-state index contributed by atoms with van der Waals surface area (Å²) < 4.78 is 0. The topological polar surface area (TPSA) is 72.2 Å². The molecule has 0 saturated carbocycles. The third kappa shape index (κ3) is 3.75. The molecule has 2 aromatic rings. The Morgan fingerprint density at radius 1 is 1.32 bits per heavy atom. The summed E-state index contributed by atoms with van der Waals surface area (Å²) in [5, 5.41) is 15.1. The first-order valence-electron chi connectivity index (χ1n) is 5.42. The van der Waals surface area contributed by atoms with Crippen LogP contribution in [0.2, 0.25) is 0 Å². The van der Waals surface area contributed by atoms with E-state index in [4.69, 9.17) is 0 Å². The highest BCUT2D eigenvalue weighted by molar-refractivity contribution is 7.10. The van der Waals surface area contributed by atoms with Crippen molar-refractivity contribution in [2.75, 3.05) is 5.32 Å². The Morgan fingerprint density at radius 3 is 2.84 bits per heavy atom. The van der Waals surface area contributed by atoms with Crippen molar-refractivity contribution in [3.8, 4) is 0 Å². The lowest BCUT2D eigenvalue weighted by Gasteiger charge is -2.01. The molecule has 1 amide bonds. The Kier molecular flexibility index (Phi) is 4.04. The zero-order valence-corrected chi connectivity index (χ0v) is 10.6. The van der Waals surface area contributed by atoms with Crippen LogP contribution in [0, 0.1) is 10.1 Å². The van der Waals surface area contributed by atoms with Crippen LogP contribution in [0.5, 0.6) is 0 Å². The molecule has 1 heterocycles. The second-order valence-corrected chi connectivity index (χ2v) is 4.62. The molecule has 96 valence electrons. The molecule has 0 unspecified atom stereocenters. The lowest BCUT2D eigenvalue weighted by molar-refractivity contribution is -0.384. The highest BCUT2D eigenvalue weighted by atomic mass is 32.1. The molecule has 0 spiro atoms. The number of benzene rings is 1. The van der Waals surface area contributed by atoms with Crippen molar-refractivity contribution in [2.45, 2.75) is 0 Å². The van der Waals surface area contributed by atoms with Crippen LogP contribution >= 0.6 is 11.3 Å². The van der Waals surface area contributed by atoms with Crippen molar-refractivity contribution in [1.82, 2.24) is 0 Å². The van der Waals surface area contributed by atoms with Gasteiger partial charge in [0, 0.05) is 28.8 Å². The fourth-order valence-electron chi connectivity index (χ4n) is 1.43. The number of nitrogens with zero attached hydrogens (tertiary/aromatic N) is 1. The van der Waals surface area contributed by atoms with Crippen molar-refractivity contribution >= 4 is 34.7 Å². The van der Waals surface area contributed by atoms with Gasteiger partial charge in [-0.3, -0.25) is 14.9 Å². The number of nitrogens with one attached hydrogen (secondary N) is 1. The molecule has 2 rings (SSSR count). The molecule has 1 aromatic heterocycles. The molecule has 0 saturated heterocycles. The van der Waals surface area contributed by atoms with Gasteiger partial charge in [0.25, 0.3) is 5.69 Å². The predicted octanol–water partition coefficient (Wildman–Crippen LogP) is 3.31. The van der Waals surface area contributed by atoms with Gasteiger partial charge in [0.05, 0.1) is 4.92 Å². The zero-order chi connectivity index (χ0) is 13.7. The molecule has 0 aliphatic heterocycles. The van der Waals surface area contributed by atoms with Gasteiger partial charge < -0.3 is 5.32 Å². The number of hydrogen-bond donors (Lipinski definition) is 1. The molecule has 1 aromatic carbocycles. The smallest absolute Gasteiger partial charge is 0.271 e. The molecular formula is C13H10N2O3S. The number of anilines is 1. The van der Waals surface area contributed by atoms with Crippen LogP contribution < -0.4 is 5.32 Å². The van der Waals surface area contributed by atoms with Gasteiger partial charge in [0.2, 0.25) is 5.91 Å². The van der Waals surface area contributed by atoms with E-state index in [-0.39, 0.29) is 11.6 Å². The highest BCUT2D eigenvalue weighted by Gasteiger charge is 2.06. The maximum atomic E-state index is 11.6. The molecule has 5 nitrogen and oxygen atoms in total. The van der Waals surface area contributed by atoms with E-state index in [0.717, 1.165) is 4.88 Å². The minimum Gasteiger partial charge on any atom is -0.322 e. The molecule has 0 fully saturated rings. The number of nitro groups is 1. The summed E-state index contributed by atoms with van der Waals surface area (Å²) >= 11 is 1.52. The van der Waals surface area contributed by atoms with Crippen LogP contribution in [-0.4, -0.2) is 10.8 Å². The van der Waals surface area contributed by atoms with Crippen molar-refractivity contribution in [3.05, 3.63) is 62.8 Å². The number of nitro benzene ring substituents is 1. The molecular weight excluding hydrogens is 264 g/mol. The Hall–Kier alpha value is -2.47. The van der Waals surface area contributed by atoms with Crippen LogP contribution in [0.15, 0.2) is 47.9 Å². The largest absolute Gasteiger partial charge is 0.322 e. The lowest BCUT2D eigenvalue weighted by Crippen LogP contribution is -2.07. The zero-order valence-electron chi connectivity index (χ0n) is 9.78. The van der Waals surface area contributed by atoms with E-state index in [1.165, 1.54) is 35.6 Å². The van der Waals surface area contributed by atoms with E-state index in [0.29, 0.717) is 5.69 Å². The summed E-state index contributed by atoms with van der Waals surface area (Å²) in [6, 6.07) is 9.60. The second-order valence-electron chi connectivity index (χ2n) is 3.65. The third-order valence-corrected chi connectivity index (χ3v) is 3.10. The van der Waals surface area contributed by atoms with E-state index >= 15 is 0 Å². The number of non-ortho nitro benzene ring substituents is 1. The first kappa shape index (κ1) is 13.0. The van der Waals surface area contributed by atoms with Crippen molar-refractivity contribution in [3.63, 3.8) is 0 Å². The number of thiophene rings is 1. The predicted molar refractivity (Wildman–Crippen MR) is 75.1 cm³/mol. The van der Waals surface area contributed by atoms with Crippen LogP contribution in [-0.2, 0) is 4.79 Å². The summed E-state index contributed by atoms with van der Waals surface area (Å²) in [6.07, 6.45) is 3.09. The normalized spacial score (nSPS) is 10.5. The maximum absolute atomic E-state index is 11.6. The van der Waals surface area contributed by atoms with Gasteiger partial charge in [-0.2, -0.15) is 0 Å². The summed E-state index contributed by atoms with van der Waals surface area (Å²) in [5.74, 6) is -0.325. The summed E-state index contributed by atoms with van der Waals surface area (Å²) in [7, 11) is 0. The summed E-state index contributed by atoms with van der Waals surface area (Å²) in [5.41, 5.74) is 0.343. The van der Waals surface area contributed by atoms with Crippen molar-refractivity contribution in [1.29, 1.82) is 0 Å². The first-order chi connectivity index (χ1) is 9.15. The fraction of sp³-hybridized carbons (Fsp3) is 0. The molecule has 19 heavy (non-hydrogen) atoms. The second kappa shape index (κ2) is 5.92. The molecule has 0 aliphatic carbocycles. The number of amides is 1. The van der Waals surface area contributed by atoms with E-state index in [2.05, 4.69) is 5.32 Å². The first-order valence-corrected chi connectivity index (χ1v) is 6.30. The van der Waals surface area contributed by atoms with Crippen molar-refractivity contribution in [2.24, 2.45) is 0 Å². The van der Waals surface area contributed by atoms with Gasteiger partial charge in [-0.15, -0.1) is 11.3 Å². The number of rotatable bonds is 4.